The van der Waals surface area contributed by atoms with E-state index in [1.807, 2.05) is 6.07 Å². The van der Waals surface area contributed by atoms with Gasteiger partial charge < -0.3 is 9.15 Å². The highest BCUT2D eigenvalue weighted by molar-refractivity contribution is 6.02. The molecule has 6 nitrogen and oxygen atoms in total. The number of hydrogen-bond acceptors (Lipinski definition) is 5. The molecule has 126 valence electrons. The SMILES string of the molecule is COc1ccc2oc(=O)c(/C(C)=N/NC(=O)c3ccccc3)cc2c1. The summed E-state index contributed by atoms with van der Waals surface area (Å²) in [5.74, 6) is 0.297. The first-order valence-electron chi connectivity index (χ1n) is 7.60. The number of ether oxygens (including phenoxy) is 1. The number of hydrogen-bond donors (Lipinski definition) is 1. The van der Waals surface area contributed by atoms with Crippen molar-refractivity contribution in [1.29, 1.82) is 0 Å². The Kier molecular flexibility index (Phi) is 4.61. The fourth-order valence-electron chi connectivity index (χ4n) is 2.33. The molecule has 0 aliphatic rings. The second-order valence-electron chi connectivity index (χ2n) is 5.36. The highest BCUT2D eigenvalue weighted by Gasteiger charge is 2.10. The molecule has 0 aliphatic heterocycles. The van der Waals surface area contributed by atoms with Crippen LogP contribution in [0.5, 0.6) is 5.75 Å². The number of hydrazone groups is 1. The summed E-state index contributed by atoms with van der Waals surface area (Å²) in [6, 6.07) is 15.5. The van der Waals surface area contributed by atoms with Gasteiger partial charge in [-0.05, 0) is 43.3 Å². The van der Waals surface area contributed by atoms with Crippen molar-refractivity contribution >= 4 is 22.6 Å². The first-order chi connectivity index (χ1) is 12.1. The molecular weight excluding hydrogens is 320 g/mol. The highest BCUT2D eigenvalue weighted by Crippen LogP contribution is 2.20. The Bertz CT molecular complexity index is 1010. The van der Waals surface area contributed by atoms with Gasteiger partial charge in [0.2, 0.25) is 0 Å². The molecule has 0 spiro atoms. The highest BCUT2D eigenvalue weighted by atomic mass is 16.5. The van der Waals surface area contributed by atoms with Crippen molar-refractivity contribution in [3.05, 3.63) is 76.1 Å². The molecule has 25 heavy (non-hydrogen) atoms. The third kappa shape index (κ3) is 3.58. The molecule has 3 aromatic rings. The van der Waals surface area contributed by atoms with E-state index in [-0.39, 0.29) is 11.5 Å². The second-order valence-corrected chi connectivity index (χ2v) is 5.36. The number of amides is 1. The van der Waals surface area contributed by atoms with E-state index in [2.05, 4.69) is 10.5 Å². The van der Waals surface area contributed by atoms with E-state index >= 15 is 0 Å². The number of carbonyl (C=O) groups excluding carboxylic acids is 1. The lowest BCUT2D eigenvalue weighted by molar-refractivity contribution is 0.0955. The summed E-state index contributed by atoms with van der Waals surface area (Å²) in [6.07, 6.45) is 0. The number of benzene rings is 2. The fraction of sp³-hybridized carbons (Fsp3) is 0.105. The van der Waals surface area contributed by atoms with Crippen molar-refractivity contribution in [2.24, 2.45) is 5.10 Å². The lowest BCUT2D eigenvalue weighted by atomic mass is 10.1. The van der Waals surface area contributed by atoms with E-state index in [0.29, 0.717) is 28.0 Å². The van der Waals surface area contributed by atoms with Gasteiger partial charge in [-0.15, -0.1) is 0 Å². The van der Waals surface area contributed by atoms with Crippen LogP contribution in [0, 0.1) is 0 Å². The summed E-state index contributed by atoms with van der Waals surface area (Å²) in [4.78, 5) is 24.2. The van der Waals surface area contributed by atoms with Crippen LogP contribution in [0.15, 0.2) is 68.9 Å². The number of nitrogens with one attached hydrogen (secondary N) is 1. The van der Waals surface area contributed by atoms with E-state index < -0.39 is 5.63 Å². The minimum Gasteiger partial charge on any atom is -0.497 e. The largest absolute Gasteiger partial charge is 0.497 e. The minimum absolute atomic E-state index is 0.272. The summed E-state index contributed by atoms with van der Waals surface area (Å²) in [5, 5.41) is 4.71. The molecule has 1 amide bonds. The Morgan fingerprint density at radius 3 is 2.60 bits per heavy atom. The maximum atomic E-state index is 12.2. The average Bonchev–Trinajstić information content (AvgIpc) is 2.65. The normalized spacial score (nSPS) is 11.4. The van der Waals surface area contributed by atoms with E-state index in [0.717, 1.165) is 0 Å². The lowest BCUT2D eigenvalue weighted by Gasteiger charge is -2.05. The lowest BCUT2D eigenvalue weighted by Crippen LogP contribution is -2.21. The number of nitrogens with zero attached hydrogens (tertiary/aromatic N) is 1. The second kappa shape index (κ2) is 7.00. The maximum Gasteiger partial charge on any atom is 0.345 e. The van der Waals surface area contributed by atoms with Gasteiger partial charge in [-0.1, -0.05) is 18.2 Å². The van der Waals surface area contributed by atoms with Crippen molar-refractivity contribution in [1.82, 2.24) is 5.43 Å². The van der Waals surface area contributed by atoms with Crippen molar-refractivity contribution in [2.75, 3.05) is 7.11 Å². The molecule has 0 aliphatic carbocycles. The fourth-order valence-corrected chi connectivity index (χ4v) is 2.33. The smallest absolute Gasteiger partial charge is 0.345 e. The van der Waals surface area contributed by atoms with Crippen molar-refractivity contribution in [3.63, 3.8) is 0 Å². The molecule has 0 radical (unpaired) electrons. The van der Waals surface area contributed by atoms with Crippen LogP contribution in [-0.2, 0) is 0 Å². The first-order valence-corrected chi connectivity index (χ1v) is 7.60. The van der Waals surface area contributed by atoms with Crippen molar-refractivity contribution in [2.45, 2.75) is 6.92 Å². The standard InChI is InChI=1S/C19H16N2O4/c1-12(20-21-18(22)13-6-4-3-5-7-13)16-11-14-10-15(24-2)8-9-17(14)25-19(16)23/h3-11H,1-2H3,(H,21,22)/b20-12+. The van der Waals surface area contributed by atoms with E-state index in [9.17, 15) is 9.59 Å². The molecule has 2 aromatic carbocycles. The van der Waals surface area contributed by atoms with Crippen molar-refractivity contribution in [3.8, 4) is 5.75 Å². The topological polar surface area (TPSA) is 80.9 Å². The molecular formula is C19H16N2O4. The zero-order valence-corrected chi connectivity index (χ0v) is 13.8. The molecule has 0 saturated heterocycles. The molecule has 1 heterocycles. The predicted octanol–water partition coefficient (Wildman–Crippen LogP) is 2.96. The number of methoxy groups -OCH3 is 1. The van der Waals surface area contributed by atoms with Crippen LogP contribution in [-0.4, -0.2) is 18.7 Å². The van der Waals surface area contributed by atoms with Crippen LogP contribution >= 0.6 is 0 Å². The zero-order chi connectivity index (χ0) is 17.8. The molecule has 0 unspecified atom stereocenters. The average molecular weight is 336 g/mol. The molecule has 6 heteroatoms. The van der Waals surface area contributed by atoms with Crippen LogP contribution in [0.1, 0.15) is 22.8 Å². The Morgan fingerprint density at radius 2 is 1.88 bits per heavy atom. The van der Waals surface area contributed by atoms with Gasteiger partial charge in [0.25, 0.3) is 5.91 Å². The summed E-state index contributed by atoms with van der Waals surface area (Å²) in [5.41, 5.74) is 3.48. The van der Waals surface area contributed by atoms with Gasteiger partial charge in [-0.3, -0.25) is 4.79 Å². The Labute approximate surface area is 143 Å². The van der Waals surface area contributed by atoms with Gasteiger partial charge in [-0.25, -0.2) is 10.2 Å². The molecule has 3 rings (SSSR count). The van der Waals surface area contributed by atoms with Gasteiger partial charge in [0.1, 0.15) is 11.3 Å². The monoisotopic (exact) mass is 336 g/mol. The summed E-state index contributed by atoms with van der Waals surface area (Å²) in [7, 11) is 1.56. The van der Waals surface area contributed by atoms with E-state index in [1.165, 1.54) is 0 Å². The van der Waals surface area contributed by atoms with Crippen LogP contribution in [0.3, 0.4) is 0 Å². The molecule has 1 aromatic heterocycles. The van der Waals surface area contributed by atoms with Gasteiger partial charge in [0.05, 0.1) is 18.4 Å². The van der Waals surface area contributed by atoms with Gasteiger partial charge in [0.15, 0.2) is 0 Å². The number of rotatable bonds is 4. The zero-order valence-electron chi connectivity index (χ0n) is 13.8. The molecule has 0 saturated carbocycles. The number of carbonyl (C=O) groups is 1. The van der Waals surface area contributed by atoms with Crippen LogP contribution in [0.25, 0.3) is 11.0 Å². The summed E-state index contributed by atoms with van der Waals surface area (Å²) < 4.78 is 10.5. The number of fused-ring (bicyclic) bond motifs is 1. The van der Waals surface area contributed by atoms with Gasteiger partial charge in [-0.2, -0.15) is 5.10 Å². The molecule has 0 atom stereocenters. The van der Waals surface area contributed by atoms with E-state index in [1.54, 1.807) is 62.6 Å². The first kappa shape index (κ1) is 16.4. The van der Waals surface area contributed by atoms with Gasteiger partial charge >= 0.3 is 5.63 Å². The summed E-state index contributed by atoms with van der Waals surface area (Å²) in [6.45, 7) is 1.63. The van der Waals surface area contributed by atoms with Gasteiger partial charge in [0, 0.05) is 10.9 Å². The molecule has 0 fully saturated rings. The molecule has 1 N–H and O–H groups in total. The Hall–Kier alpha value is -3.41. The van der Waals surface area contributed by atoms with Crippen LogP contribution in [0.2, 0.25) is 0 Å². The Morgan fingerprint density at radius 1 is 1.12 bits per heavy atom. The third-order valence-electron chi connectivity index (χ3n) is 3.69. The van der Waals surface area contributed by atoms with E-state index in [4.69, 9.17) is 9.15 Å². The quantitative estimate of drug-likeness (QED) is 0.451. The van der Waals surface area contributed by atoms with Crippen LogP contribution < -0.4 is 15.8 Å². The molecule has 0 bridgehead atoms. The predicted molar refractivity (Wildman–Crippen MR) is 95.2 cm³/mol. The summed E-state index contributed by atoms with van der Waals surface area (Å²) >= 11 is 0. The Balaban J connectivity index is 1.90. The minimum atomic E-state index is -0.520. The maximum absolute atomic E-state index is 12.2. The van der Waals surface area contributed by atoms with Crippen molar-refractivity contribution < 1.29 is 13.9 Å². The van der Waals surface area contributed by atoms with Crippen LogP contribution in [0.4, 0.5) is 0 Å². The third-order valence-corrected chi connectivity index (χ3v) is 3.69.